The lowest BCUT2D eigenvalue weighted by molar-refractivity contribution is -0.171. The molecule has 108 valence electrons. The lowest BCUT2D eigenvalue weighted by Crippen LogP contribution is -2.48. The van der Waals surface area contributed by atoms with Crippen molar-refractivity contribution in [3.05, 3.63) is 29.5 Å². The van der Waals surface area contributed by atoms with Crippen molar-refractivity contribution in [1.29, 1.82) is 0 Å². The second kappa shape index (κ2) is 5.57. The van der Waals surface area contributed by atoms with E-state index in [9.17, 15) is 9.90 Å². The van der Waals surface area contributed by atoms with E-state index < -0.39 is 11.6 Å². The fraction of sp³-hybridized carbons (Fsp3) is 0.625. The molecule has 20 heavy (non-hydrogen) atoms. The molecule has 2 N–H and O–H groups in total. The SMILES string of the molecule is O=C(OC1CCNC1)C(O)(C1=C=CC=C1)C1CCCC1. The average molecular weight is 275 g/mol. The van der Waals surface area contributed by atoms with Gasteiger partial charge in [-0.25, -0.2) is 4.79 Å². The molecule has 2 atom stereocenters. The summed E-state index contributed by atoms with van der Waals surface area (Å²) >= 11 is 0. The van der Waals surface area contributed by atoms with Gasteiger partial charge in [-0.15, -0.1) is 5.73 Å². The highest BCUT2D eigenvalue weighted by Gasteiger charge is 2.49. The van der Waals surface area contributed by atoms with E-state index in [-0.39, 0.29) is 12.0 Å². The van der Waals surface area contributed by atoms with Crippen LogP contribution in [0.15, 0.2) is 29.5 Å². The van der Waals surface area contributed by atoms with Crippen molar-refractivity contribution in [2.45, 2.75) is 43.8 Å². The Morgan fingerprint density at radius 3 is 2.80 bits per heavy atom. The number of carbonyl (C=O) groups excluding carboxylic acids is 1. The summed E-state index contributed by atoms with van der Waals surface area (Å²) < 4.78 is 5.54. The number of carbonyl (C=O) groups is 1. The molecule has 0 aromatic carbocycles. The van der Waals surface area contributed by atoms with Crippen LogP contribution in [-0.4, -0.2) is 35.9 Å². The van der Waals surface area contributed by atoms with E-state index in [2.05, 4.69) is 11.0 Å². The third-order valence-corrected chi connectivity index (χ3v) is 4.55. The Balaban J connectivity index is 1.82. The third kappa shape index (κ3) is 2.35. The Labute approximate surface area is 119 Å². The van der Waals surface area contributed by atoms with Crippen LogP contribution in [-0.2, 0) is 9.53 Å². The van der Waals surface area contributed by atoms with Crippen molar-refractivity contribution in [1.82, 2.24) is 5.32 Å². The maximum atomic E-state index is 12.6. The Morgan fingerprint density at radius 2 is 2.20 bits per heavy atom. The Bertz CT molecular complexity index is 478. The van der Waals surface area contributed by atoms with Crippen LogP contribution < -0.4 is 5.32 Å². The van der Waals surface area contributed by atoms with Crippen molar-refractivity contribution in [3.63, 3.8) is 0 Å². The van der Waals surface area contributed by atoms with Gasteiger partial charge in [0.2, 0.25) is 0 Å². The molecule has 0 spiro atoms. The fourth-order valence-corrected chi connectivity index (χ4v) is 3.38. The minimum Gasteiger partial charge on any atom is -0.459 e. The molecule has 0 aromatic heterocycles. The monoisotopic (exact) mass is 275 g/mol. The van der Waals surface area contributed by atoms with E-state index in [4.69, 9.17) is 4.74 Å². The van der Waals surface area contributed by atoms with Gasteiger partial charge in [0.05, 0.1) is 0 Å². The molecule has 4 nitrogen and oxygen atoms in total. The average Bonchev–Trinajstić information content (AvgIpc) is 3.19. The van der Waals surface area contributed by atoms with Crippen LogP contribution in [0.3, 0.4) is 0 Å². The predicted molar refractivity (Wildman–Crippen MR) is 75.0 cm³/mol. The van der Waals surface area contributed by atoms with Gasteiger partial charge in [0.1, 0.15) is 6.10 Å². The first-order chi connectivity index (χ1) is 9.71. The van der Waals surface area contributed by atoms with E-state index in [0.29, 0.717) is 12.1 Å². The van der Waals surface area contributed by atoms with Gasteiger partial charge in [-0.3, -0.25) is 0 Å². The summed E-state index contributed by atoms with van der Waals surface area (Å²) in [6.45, 7) is 1.54. The number of hydrogen-bond acceptors (Lipinski definition) is 4. The highest BCUT2D eigenvalue weighted by Crippen LogP contribution is 2.40. The molecule has 0 radical (unpaired) electrons. The topological polar surface area (TPSA) is 58.6 Å². The molecule has 2 fully saturated rings. The number of aliphatic hydroxyl groups is 1. The minimum atomic E-state index is -1.53. The van der Waals surface area contributed by atoms with Crippen molar-refractivity contribution in [2.24, 2.45) is 5.92 Å². The summed E-state index contributed by atoms with van der Waals surface area (Å²) in [5.74, 6) is -0.552. The molecular formula is C16H21NO3. The maximum absolute atomic E-state index is 12.6. The van der Waals surface area contributed by atoms with Crippen LogP contribution in [0.4, 0.5) is 0 Å². The number of allylic oxidation sites excluding steroid dienone is 1. The molecule has 0 amide bonds. The first-order valence-corrected chi connectivity index (χ1v) is 7.49. The van der Waals surface area contributed by atoms with Crippen LogP contribution in [0.25, 0.3) is 0 Å². The van der Waals surface area contributed by atoms with Crippen molar-refractivity contribution in [3.8, 4) is 0 Å². The van der Waals surface area contributed by atoms with Gasteiger partial charge in [0.25, 0.3) is 0 Å². The van der Waals surface area contributed by atoms with Gasteiger partial charge >= 0.3 is 5.97 Å². The molecule has 4 heteroatoms. The summed E-state index contributed by atoms with van der Waals surface area (Å²) in [7, 11) is 0. The Morgan fingerprint density at radius 1 is 1.40 bits per heavy atom. The first-order valence-electron chi connectivity index (χ1n) is 7.49. The van der Waals surface area contributed by atoms with Crippen molar-refractivity contribution in [2.75, 3.05) is 13.1 Å². The number of rotatable bonds is 4. The Kier molecular flexibility index (Phi) is 3.79. The zero-order chi connectivity index (χ0) is 14.0. The second-order valence-electron chi connectivity index (χ2n) is 5.85. The number of nitrogens with one attached hydrogen (secondary N) is 1. The normalized spacial score (nSPS) is 28.6. The molecule has 1 heterocycles. The maximum Gasteiger partial charge on any atom is 0.344 e. The molecule has 3 rings (SSSR count). The van der Waals surface area contributed by atoms with Gasteiger partial charge in [-0.1, -0.05) is 18.9 Å². The number of ether oxygens (including phenoxy) is 1. The first kappa shape index (κ1) is 13.6. The molecule has 3 aliphatic rings. The van der Waals surface area contributed by atoms with Gasteiger partial charge in [-0.2, -0.15) is 0 Å². The minimum absolute atomic E-state index is 0.0528. The molecule has 1 saturated heterocycles. The summed E-state index contributed by atoms with van der Waals surface area (Å²) in [5, 5.41) is 14.2. The largest absolute Gasteiger partial charge is 0.459 e. The zero-order valence-corrected chi connectivity index (χ0v) is 11.6. The molecule has 2 unspecified atom stereocenters. The molecule has 0 aromatic rings. The van der Waals surface area contributed by atoms with Gasteiger partial charge in [0.15, 0.2) is 5.60 Å². The summed E-state index contributed by atoms with van der Waals surface area (Å²) in [6.07, 6.45) is 9.87. The predicted octanol–water partition coefficient (Wildman–Crippen LogP) is 1.46. The van der Waals surface area contributed by atoms with Gasteiger partial charge in [0, 0.05) is 18.0 Å². The molecule has 0 bridgehead atoms. The third-order valence-electron chi connectivity index (χ3n) is 4.55. The van der Waals surface area contributed by atoms with Crippen molar-refractivity contribution < 1.29 is 14.6 Å². The summed E-state index contributed by atoms with van der Waals surface area (Å²) in [5.41, 5.74) is 2.02. The van der Waals surface area contributed by atoms with E-state index in [1.54, 1.807) is 18.2 Å². The van der Waals surface area contributed by atoms with Crippen LogP contribution >= 0.6 is 0 Å². The molecule has 1 saturated carbocycles. The van der Waals surface area contributed by atoms with Crippen LogP contribution in [0.5, 0.6) is 0 Å². The van der Waals surface area contributed by atoms with Gasteiger partial charge < -0.3 is 15.2 Å². The molecular weight excluding hydrogens is 254 g/mol. The van der Waals surface area contributed by atoms with E-state index in [1.165, 1.54) is 0 Å². The smallest absolute Gasteiger partial charge is 0.344 e. The highest BCUT2D eigenvalue weighted by molar-refractivity contribution is 5.85. The standard InChI is InChI=1S/C16H21NO3/c18-15(20-14-9-10-17-11-14)16(19,12-5-1-2-6-12)13-7-3-4-8-13/h1-2,5,13-14,17,19H,3-4,7-11H2. The van der Waals surface area contributed by atoms with Crippen LogP contribution in [0, 0.1) is 5.92 Å². The number of esters is 1. The molecule has 2 aliphatic carbocycles. The Hall–Kier alpha value is -1.35. The summed E-state index contributed by atoms with van der Waals surface area (Å²) in [4.78, 5) is 12.6. The second-order valence-corrected chi connectivity index (χ2v) is 5.85. The molecule has 1 aliphatic heterocycles. The number of hydrogen-bond donors (Lipinski definition) is 2. The van der Waals surface area contributed by atoms with E-state index >= 15 is 0 Å². The lowest BCUT2D eigenvalue weighted by Gasteiger charge is -2.32. The van der Waals surface area contributed by atoms with Gasteiger partial charge in [-0.05, 0) is 38.0 Å². The highest BCUT2D eigenvalue weighted by atomic mass is 16.6. The van der Waals surface area contributed by atoms with Crippen LogP contribution in [0.1, 0.15) is 32.1 Å². The fourth-order valence-electron chi connectivity index (χ4n) is 3.38. The lowest BCUT2D eigenvalue weighted by atomic mass is 9.80. The quantitative estimate of drug-likeness (QED) is 0.602. The van der Waals surface area contributed by atoms with E-state index in [0.717, 1.165) is 38.6 Å². The van der Waals surface area contributed by atoms with Crippen LogP contribution in [0.2, 0.25) is 0 Å². The van der Waals surface area contributed by atoms with Crippen molar-refractivity contribution >= 4 is 5.97 Å². The zero-order valence-electron chi connectivity index (χ0n) is 11.6. The van der Waals surface area contributed by atoms with E-state index in [1.807, 2.05) is 0 Å². The summed E-state index contributed by atoms with van der Waals surface area (Å²) in [6, 6.07) is 0.